The zero-order valence-electron chi connectivity index (χ0n) is 9.57. The van der Waals surface area contributed by atoms with Crippen LogP contribution in [0.2, 0.25) is 0 Å². The van der Waals surface area contributed by atoms with Gasteiger partial charge in [0.2, 0.25) is 0 Å². The maximum absolute atomic E-state index is 10.8. The first-order valence-electron chi connectivity index (χ1n) is 4.95. The summed E-state index contributed by atoms with van der Waals surface area (Å²) in [5.41, 5.74) is -0.327. The average Bonchev–Trinajstić information content (AvgIpc) is 2.34. The highest BCUT2D eigenvalue weighted by molar-refractivity contribution is 6.15. The number of nitrogens with zero attached hydrogens (tertiary/aromatic N) is 1. The third-order valence-corrected chi connectivity index (χ3v) is 2.23. The largest absolute Gasteiger partial charge is 0.478 e. The molecule has 0 radical (unpaired) electrons. The van der Waals surface area contributed by atoms with Gasteiger partial charge in [0.15, 0.2) is 0 Å². The average molecular weight is 263 g/mol. The Labute approximate surface area is 107 Å². The summed E-state index contributed by atoms with van der Waals surface area (Å²) in [6.07, 6.45) is 1.84. The van der Waals surface area contributed by atoms with E-state index in [-0.39, 0.29) is 22.4 Å². The van der Waals surface area contributed by atoms with Gasteiger partial charge < -0.3 is 10.2 Å². The fraction of sp³-hybridized carbons (Fsp3) is 0. The van der Waals surface area contributed by atoms with Crippen molar-refractivity contribution in [1.82, 2.24) is 0 Å². The predicted molar refractivity (Wildman–Crippen MR) is 66.4 cm³/mol. The van der Waals surface area contributed by atoms with Crippen molar-refractivity contribution >= 4 is 29.3 Å². The number of carbonyl (C=O) groups is 2. The van der Waals surface area contributed by atoms with Crippen LogP contribution in [0, 0.1) is 10.1 Å². The van der Waals surface area contributed by atoms with Gasteiger partial charge in [0.25, 0.3) is 5.69 Å². The number of rotatable bonds is 5. The second kappa shape index (κ2) is 5.58. The van der Waals surface area contributed by atoms with Crippen molar-refractivity contribution < 1.29 is 24.7 Å². The second-order valence-corrected chi connectivity index (χ2v) is 3.48. The van der Waals surface area contributed by atoms with Gasteiger partial charge in [-0.15, -0.1) is 0 Å². The van der Waals surface area contributed by atoms with E-state index in [0.717, 1.165) is 24.3 Å². The third kappa shape index (κ3) is 3.50. The normalized spacial score (nSPS) is 10.3. The van der Waals surface area contributed by atoms with E-state index in [4.69, 9.17) is 10.2 Å². The van der Waals surface area contributed by atoms with Crippen LogP contribution >= 0.6 is 0 Å². The number of benzene rings is 1. The number of non-ortho nitro benzene ring substituents is 1. The molecule has 19 heavy (non-hydrogen) atoms. The van der Waals surface area contributed by atoms with Crippen molar-refractivity contribution in [2.24, 2.45) is 0 Å². The number of nitro benzene ring substituents is 1. The molecule has 0 saturated heterocycles. The lowest BCUT2D eigenvalue weighted by molar-refractivity contribution is -0.384. The van der Waals surface area contributed by atoms with E-state index >= 15 is 0 Å². The first-order chi connectivity index (χ1) is 8.82. The fourth-order valence-electron chi connectivity index (χ4n) is 1.35. The van der Waals surface area contributed by atoms with Crippen molar-refractivity contribution in [3.05, 3.63) is 52.1 Å². The molecular weight excluding hydrogens is 254 g/mol. The molecule has 1 rings (SSSR count). The lowest BCUT2D eigenvalue weighted by Gasteiger charge is -2.05. The van der Waals surface area contributed by atoms with E-state index < -0.39 is 16.9 Å². The van der Waals surface area contributed by atoms with Crippen LogP contribution in [0.1, 0.15) is 11.1 Å². The zero-order valence-corrected chi connectivity index (χ0v) is 9.57. The lowest BCUT2D eigenvalue weighted by atomic mass is 9.99. The van der Waals surface area contributed by atoms with Gasteiger partial charge in [0.1, 0.15) is 0 Å². The van der Waals surface area contributed by atoms with E-state index in [9.17, 15) is 19.7 Å². The van der Waals surface area contributed by atoms with Crippen molar-refractivity contribution in [1.29, 1.82) is 0 Å². The molecule has 0 aliphatic rings. The monoisotopic (exact) mass is 263 g/mol. The summed E-state index contributed by atoms with van der Waals surface area (Å²) in [7, 11) is 0. The molecule has 2 N–H and O–H groups in total. The first kappa shape index (κ1) is 14.1. The van der Waals surface area contributed by atoms with Crippen molar-refractivity contribution in [2.45, 2.75) is 0 Å². The Bertz CT molecular complexity index is 602. The molecule has 98 valence electrons. The van der Waals surface area contributed by atoms with Gasteiger partial charge in [-0.2, -0.15) is 0 Å². The molecule has 0 unspecified atom stereocenters. The highest BCUT2D eigenvalue weighted by Crippen LogP contribution is 2.24. The van der Waals surface area contributed by atoms with Gasteiger partial charge in [-0.05, 0) is 23.3 Å². The van der Waals surface area contributed by atoms with Gasteiger partial charge in [-0.25, -0.2) is 9.59 Å². The molecule has 0 amide bonds. The summed E-state index contributed by atoms with van der Waals surface area (Å²) in [5, 5.41) is 28.0. The number of hydrogen-bond acceptors (Lipinski definition) is 4. The Morgan fingerprint density at radius 2 is 1.95 bits per heavy atom. The van der Waals surface area contributed by atoms with Crippen LogP contribution in [-0.4, -0.2) is 27.1 Å². The van der Waals surface area contributed by atoms with E-state index in [2.05, 4.69) is 6.58 Å². The van der Waals surface area contributed by atoms with Gasteiger partial charge in [0.05, 0.1) is 10.5 Å². The molecule has 0 atom stereocenters. The van der Waals surface area contributed by atoms with E-state index in [1.165, 1.54) is 6.07 Å². The van der Waals surface area contributed by atoms with Gasteiger partial charge in [-0.1, -0.05) is 6.58 Å². The minimum Gasteiger partial charge on any atom is -0.478 e. The van der Waals surface area contributed by atoms with E-state index in [1.54, 1.807) is 0 Å². The number of hydrogen-bond donors (Lipinski definition) is 2. The summed E-state index contributed by atoms with van der Waals surface area (Å²) in [6.45, 7) is 3.34. The number of nitro groups is 1. The first-order valence-corrected chi connectivity index (χ1v) is 4.95. The molecule has 7 heteroatoms. The Kier molecular flexibility index (Phi) is 4.15. The topological polar surface area (TPSA) is 118 Å². The molecule has 0 aliphatic carbocycles. The SMILES string of the molecule is C=C(C(=O)O)c1ccc([N+](=O)[O-])cc1/C=C/C(=O)O. The van der Waals surface area contributed by atoms with Crippen LogP contribution in [0.15, 0.2) is 30.9 Å². The summed E-state index contributed by atoms with van der Waals surface area (Å²) in [6, 6.07) is 3.43. The van der Waals surface area contributed by atoms with Crippen LogP contribution in [0.3, 0.4) is 0 Å². The van der Waals surface area contributed by atoms with E-state index in [1.807, 2.05) is 0 Å². The molecule has 0 spiro atoms. The van der Waals surface area contributed by atoms with Gasteiger partial charge in [-0.3, -0.25) is 10.1 Å². The van der Waals surface area contributed by atoms with Crippen molar-refractivity contribution in [3.8, 4) is 0 Å². The lowest BCUT2D eigenvalue weighted by Crippen LogP contribution is -2.01. The van der Waals surface area contributed by atoms with Crippen LogP contribution in [0.25, 0.3) is 11.6 Å². The molecular formula is C12H9NO6. The van der Waals surface area contributed by atoms with Crippen LogP contribution < -0.4 is 0 Å². The Morgan fingerprint density at radius 1 is 1.32 bits per heavy atom. The Hall–Kier alpha value is -2.96. The molecule has 0 aromatic heterocycles. The highest BCUT2D eigenvalue weighted by atomic mass is 16.6. The van der Waals surface area contributed by atoms with Crippen molar-refractivity contribution in [3.63, 3.8) is 0 Å². The smallest absolute Gasteiger partial charge is 0.335 e. The molecule has 1 aromatic carbocycles. The number of carboxylic acids is 2. The summed E-state index contributed by atoms with van der Waals surface area (Å²) < 4.78 is 0. The summed E-state index contributed by atoms with van der Waals surface area (Å²) in [4.78, 5) is 31.3. The molecule has 7 nitrogen and oxygen atoms in total. The fourth-order valence-corrected chi connectivity index (χ4v) is 1.35. The van der Waals surface area contributed by atoms with Crippen LogP contribution in [-0.2, 0) is 9.59 Å². The minimum atomic E-state index is -1.29. The zero-order chi connectivity index (χ0) is 14.6. The minimum absolute atomic E-state index is 0.101. The third-order valence-electron chi connectivity index (χ3n) is 2.23. The standard InChI is InChI=1S/C12H9NO6/c1-7(12(16)17)10-4-3-9(13(18)19)6-8(10)2-5-11(14)15/h2-6H,1H2,(H,14,15)(H,16,17)/b5-2+. The van der Waals surface area contributed by atoms with Crippen LogP contribution in [0.5, 0.6) is 0 Å². The maximum atomic E-state index is 10.8. The summed E-state index contributed by atoms with van der Waals surface area (Å²) in [5.74, 6) is -2.54. The molecule has 1 aromatic rings. The molecule has 0 saturated carbocycles. The second-order valence-electron chi connectivity index (χ2n) is 3.48. The molecule has 0 aliphatic heterocycles. The van der Waals surface area contributed by atoms with Gasteiger partial charge in [0, 0.05) is 18.2 Å². The number of carboxylic acid groups (broad SMARTS) is 2. The Balaban J connectivity index is 3.38. The molecule has 0 bridgehead atoms. The predicted octanol–water partition coefficient (Wildman–Crippen LogP) is 1.79. The Morgan fingerprint density at radius 3 is 2.42 bits per heavy atom. The number of aliphatic carboxylic acids is 2. The van der Waals surface area contributed by atoms with Crippen LogP contribution in [0.4, 0.5) is 5.69 Å². The quantitative estimate of drug-likeness (QED) is 0.475. The highest BCUT2D eigenvalue weighted by Gasteiger charge is 2.15. The van der Waals surface area contributed by atoms with E-state index in [0.29, 0.717) is 0 Å². The molecule has 0 heterocycles. The van der Waals surface area contributed by atoms with Gasteiger partial charge >= 0.3 is 11.9 Å². The molecule has 0 fully saturated rings. The van der Waals surface area contributed by atoms with Crippen molar-refractivity contribution in [2.75, 3.05) is 0 Å². The summed E-state index contributed by atoms with van der Waals surface area (Å²) >= 11 is 0. The maximum Gasteiger partial charge on any atom is 0.335 e.